The van der Waals surface area contributed by atoms with Crippen molar-refractivity contribution in [3.63, 3.8) is 0 Å². The van der Waals surface area contributed by atoms with E-state index in [1.807, 2.05) is 0 Å². The van der Waals surface area contributed by atoms with Crippen LogP contribution in [-0.2, 0) is 32.7 Å². The fourth-order valence-corrected chi connectivity index (χ4v) is 0.652. The molecule has 0 N–H and O–H groups in total. The summed E-state index contributed by atoms with van der Waals surface area (Å²) in [5.41, 5.74) is 0. The molecule has 1 nitrogen and oxygen atoms in total. The molecule has 59 valence electrons. The molecule has 0 aromatic rings. The molecule has 0 spiro atoms. The summed E-state index contributed by atoms with van der Waals surface area (Å²) in [4.78, 5) is 0. The molecule has 0 amide bonds. The van der Waals surface area contributed by atoms with Crippen LogP contribution in [0.2, 0.25) is 0 Å². The van der Waals surface area contributed by atoms with Gasteiger partial charge in [0.1, 0.15) is 0 Å². The van der Waals surface area contributed by atoms with Gasteiger partial charge < -0.3 is 5.32 Å². The summed E-state index contributed by atoms with van der Waals surface area (Å²) >= 11 is 0. The van der Waals surface area contributed by atoms with Crippen LogP contribution in [0.3, 0.4) is 0 Å². The molecule has 1 radical (unpaired) electrons. The van der Waals surface area contributed by atoms with E-state index in [1.54, 1.807) is 0 Å². The average Bonchev–Trinajstić information content (AvgIpc) is 1.89. The van der Waals surface area contributed by atoms with E-state index in [0.29, 0.717) is 0 Å². The smallest absolute Gasteiger partial charge is 0 e. The summed E-state index contributed by atoms with van der Waals surface area (Å²) < 4.78 is 0. The maximum Gasteiger partial charge on any atom is 0 e. The van der Waals surface area contributed by atoms with Gasteiger partial charge in [-0.25, -0.2) is 0 Å². The zero-order valence-electron chi connectivity index (χ0n) is 7.27. The number of hydrogen-bond donors (Lipinski definition) is 0. The molecule has 0 atom stereocenters. The molecule has 0 saturated heterocycles. The second-order valence-electron chi connectivity index (χ2n) is 2.38. The summed E-state index contributed by atoms with van der Waals surface area (Å²) in [6.07, 6.45) is 5.08. The number of unbranched alkanes of at least 4 members (excludes halogenated alkanes) is 2. The van der Waals surface area contributed by atoms with E-state index in [1.165, 1.54) is 25.7 Å². The number of hydrogen-bond acceptors (Lipinski definition) is 0. The Bertz CT molecular complexity index is 42.5. The van der Waals surface area contributed by atoms with Gasteiger partial charge >= 0.3 is 0 Å². The predicted molar refractivity (Wildman–Crippen MR) is 42.9 cm³/mol. The van der Waals surface area contributed by atoms with Gasteiger partial charge in [0.15, 0.2) is 0 Å². The van der Waals surface area contributed by atoms with Crippen LogP contribution in [0.15, 0.2) is 0 Å². The van der Waals surface area contributed by atoms with E-state index in [2.05, 4.69) is 19.2 Å². The van der Waals surface area contributed by atoms with Gasteiger partial charge in [0.05, 0.1) is 0 Å². The Morgan fingerprint density at radius 2 is 1.30 bits per heavy atom. The van der Waals surface area contributed by atoms with Crippen molar-refractivity contribution in [1.29, 1.82) is 0 Å². The maximum atomic E-state index is 4.35. The van der Waals surface area contributed by atoms with Crippen molar-refractivity contribution in [3.05, 3.63) is 5.32 Å². The second-order valence-corrected chi connectivity index (χ2v) is 2.38. The van der Waals surface area contributed by atoms with E-state index >= 15 is 0 Å². The first-order chi connectivity index (χ1) is 4.41. The summed E-state index contributed by atoms with van der Waals surface area (Å²) in [6.45, 7) is 6.57. The molecule has 0 bridgehead atoms. The van der Waals surface area contributed by atoms with Crippen molar-refractivity contribution >= 4 is 0 Å². The molecule has 0 aliphatic rings. The molecule has 0 aliphatic heterocycles. The van der Waals surface area contributed by atoms with Gasteiger partial charge in [0, 0.05) is 32.7 Å². The van der Waals surface area contributed by atoms with Crippen LogP contribution in [0, 0.1) is 0 Å². The predicted octanol–water partition coefficient (Wildman–Crippen LogP) is 2.96. The van der Waals surface area contributed by atoms with Crippen molar-refractivity contribution in [1.82, 2.24) is 0 Å². The standard InChI is InChI=1S/C8H18N.Y/c1-3-5-7-9-8-6-4-2;/h3-8H2,1-2H3;/q-1;. The van der Waals surface area contributed by atoms with E-state index < -0.39 is 0 Å². The molecule has 0 unspecified atom stereocenters. The zero-order chi connectivity index (χ0) is 6.95. The van der Waals surface area contributed by atoms with E-state index in [-0.39, 0.29) is 32.7 Å². The molecule has 0 aromatic heterocycles. The number of rotatable bonds is 6. The minimum Gasteiger partial charge on any atom is -0.662 e. The van der Waals surface area contributed by atoms with E-state index in [4.69, 9.17) is 0 Å². The maximum absolute atomic E-state index is 4.35. The third-order valence-corrected chi connectivity index (χ3v) is 1.34. The summed E-state index contributed by atoms with van der Waals surface area (Å²) in [6, 6.07) is 0. The summed E-state index contributed by atoms with van der Waals surface area (Å²) in [5.74, 6) is 0. The number of nitrogens with zero attached hydrogens (tertiary/aromatic N) is 1. The molecule has 0 fully saturated rings. The minimum absolute atomic E-state index is 0. The van der Waals surface area contributed by atoms with Gasteiger partial charge in [-0.3, -0.25) is 0 Å². The molecule has 0 heterocycles. The Hall–Kier alpha value is 1.06. The Morgan fingerprint density at radius 3 is 1.60 bits per heavy atom. The molecule has 10 heavy (non-hydrogen) atoms. The van der Waals surface area contributed by atoms with Crippen molar-refractivity contribution in [2.24, 2.45) is 0 Å². The third-order valence-electron chi connectivity index (χ3n) is 1.34. The molecule has 0 saturated carbocycles. The SMILES string of the molecule is CCCC[N-]CCCC.[Y]. The average molecular weight is 217 g/mol. The fourth-order valence-electron chi connectivity index (χ4n) is 0.652. The molecule has 0 rings (SSSR count). The molecular weight excluding hydrogens is 199 g/mol. The van der Waals surface area contributed by atoms with Crippen LogP contribution in [0.25, 0.3) is 5.32 Å². The van der Waals surface area contributed by atoms with Crippen LogP contribution in [0.4, 0.5) is 0 Å². The van der Waals surface area contributed by atoms with Crippen LogP contribution >= 0.6 is 0 Å². The summed E-state index contributed by atoms with van der Waals surface area (Å²) in [7, 11) is 0. The van der Waals surface area contributed by atoms with Gasteiger partial charge in [-0.2, -0.15) is 0 Å². The van der Waals surface area contributed by atoms with Crippen molar-refractivity contribution < 1.29 is 32.7 Å². The Morgan fingerprint density at radius 1 is 0.900 bits per heavy atom. The molecule has 2 heteroatoms. The van der Waals surface area contributed by atoms with Crippen LogP contribution < -0.4 is 0 Å². The first kappa shape index (κ1) is 13.6. The van der Waals surface area contributed by atoms with Gasteiger partial charge in [-0.1, -0.05) is 39.5 Å². The normalized spacial score (nSPS) is 9.00. The largest absolute Gasteiger partial charge is 0.662 e. The minimum atomic E-state index is 0. The molecular formula is C8H18NY-. The zero-order valence-corrected chi connectivity index (χ0v) is 10.1. The molecule has 0 aliphatic carbocycles. The van der Waals surface area contributed by atoms with Gasteiger partial charge in [-0.15, -0.1) is 13.1 Å². The Labute approximate surface area is 90.2 Å². The first-order valence-corrected chi connectivity index (χ1v) is 4.05. The van der Waals surface area contributed by atoms with E-state index in [0.717, 1.165) is 13.1 Å². The van der Waals surface area contributed by atoms with Gasteiger partial charge in [0.2, 0.25) is 0 Å². The second kappa shape index (κ2) is 12.7. The summed E-state index contributed by atoms with van der Waals surface area (Å²) in [5, 5.41) is 4.35. The first-order valence-electron chi connectivity index (χ1n) is 4.05. The Kier molecular flexibility index (Phi) is 17.3. The van der Waals surface area contributed by atoms with Crippen molar-refractivity contribution in [3.8, 4) is 0 Å². The third kappa shape index (κ3) is 11.8. The molecule has 0 aromatic carbocycles. The van der Waals surface area contributed by atoms with Gasteiger partial charge in [0.25, 0.3) is 0 Å². The topological polar surface area (TPSA) is 14.1 Å². The van der Waals surface area contributed by atoms with Crippen LogP contribution in [-0.4, -0.2) is 13.1 Å². The Balaban J connectivity index is 0. The van der Waals surface area contributed by atoms with E-state index in [9.17, 15) is 0 Å². The van der Waals surface area contributed by atoms with Crippen molar-refractivity contribution in [2.45, 2.75) is 39.5 Å². The van der Waals surface area contributed by atoms with Crippen LogP contribution in [0.1, 0.15) is 39.5 Å². The van der Waals surface area contributed by atoms with Gasteiger partial charge in [-0.05, 0) is 0 Å². The fraction of sp³-hybridized carbons (Fsp3) is 1.00. The van der Waals surface area contributed by atoms with Crippen molar-refractivity contribution in [2.75, 3.05) is 13.1 Å². The quantitative estimate of drug-likeness (QED) is 0.607. The van der Waals surface area contributed by atoms with Crippen LogP contribution in [0.5, 0.6) is 0 Å². The monoisotopic (exact) mass is 217 g/mol.